The highest BCUT2D eigenvalue weighted by Crippen LogP contribution is 2.40. The minimum absolute atomic E-state index is 0.0477. The van der Waals surface area contributed by atoms with Gasteiger partial charge in [-0.05, 0) is 18.1 Å². The highest BCUT2D eigenvalue weighted by molar-refractivity contribution is 8.00. The summed E-state index contributed by atoms with van der Waals surface area (Å²) in [5.74, 6) is -3.96. The van der Waals surface area contributed by atoms with Gasteiger partial charge in [-0.2, -0.15) is 0 Å². The maximum Gasteiger partial charge on any atom is 0.350 e. The molecule has 2 fully saturated rings. The number of nitrogens with one attached hydrogen (secondary N) is 1. The third-order valence-electron chi connectivity index (χ3n) is 6.87. The molecule has 0 spiro atoms. The van der Waals surface area contributed by atoms with Crippen LogP contribution < -0.4 is 26.5 Å². The number of pyridine rings is 1. The van der Waals surface area contributed by atoms with Crippen LogP contribution in [-0.2, 0) is 30.6 Å². The highest BCUT2D eigenvalue weighted by atomic mass is 32.2. The molecule has 1 aliphatic carbocycles. The van der Waals surface area contributed by atoms with Crippen LogP contribution >= 0.6 is 23.1 Å². The average Bonchev–Trinajstić information content (AvgIpc) is 3.34. The fourth-order valence-corrected chi connectivity index (χ4v) is 6.32. The highest BCUT2D eigenvalue weighted by Gasteiger charge is 2.53. The second kappa shape index (κ2) is 11.2. The summed E-state index contributed by atoms with van der Waals surface area (Å²) in [5.41, 5.74) is 10.3. The number of carboxylic acids is 2. The van der Waals surface area contributed by atoms with E-state index in [0.29, 0.717) is 24.2 Å². The molecular weight excluding hydrogens is 574 g/mol. The molecule has 14 nitrogen and oxygen atoms in total. The molecule has 214 valence electrons. The van der Waals surface area contributed by atoms with Gasteiger partial charge in [0.05, 0.1) is 11.7 Å². The summed E-state index contributed by atoms with van der Waals surface area (Å²) in [4.78, 5) is 60.5. The van der Waals surface area contributed by atoms with Gasteiger partial charge in [-0.1, -0.05) is 11.2 Å². The molecule has 1 saturated heterocycles. The van der Waals surface area contributed by atoms with E-state index in [0.717, 1.165) is 16.2 Å². The lowest BCUT2D eigenvalue weighted by atomic mass is 9.80. The average molecular weight is 600 g/mol. The number of hydrogen-bond acceptors (Lipinski definition) is 12. The van der Waals surface area contributed by atoms with Gasteiger partial charge >= 0.3 is 5.97 Å². The van der Waals surface area contributed by atoms with E-state index >= 15 is 0 Å². The predicted octanol–water partition coefficient (Wildman–Crippen LogP) is -1.02. The molecule has 1 unspecified atom stereocenters. The van der Waals surface area contributed by atoms with Crippen molar-refractivity contribution >= 4 is 63.4 Å². The molecule has 0 aromatic carbocycles. The number of carbonyl (C=O) groups excluding carboxylic acids is 3. The Morgan fingerprint density at radius 3 is 2.63 bits per heavy atom. The van der Waals surface area contributed by atoms with Crippen molar-refractivity contribution in [2.75, 3.05) is 17.2 Å². The number of anilines is 2. The van der Waals surface area contributed by atoms with E-state index in [4.69, 9.17) is 16.3 Å². The molecule has 5 rings (SSSR count). The lowest BCUT2D eigenvalue weighted by Crippen LogP contribution is -2.71. The number of carboxylic acid groups (broad SMARTS) is 2. The summed E-state index contributed by atoms with van der Waals surface area (Å²) in [6.07, 6.45) is 8.02. The summed E-state index contributed by atoms with van der Waals surface area (Å²) >= 11 is 2.31. The first-order valence-electron chi connectivity index (χ1n) is 12.4. The molecule has 0 radical (unpaired) electrons. The quantitative estimate of drug-likeness (QED) is 0.112. The van der Waals surface area contributed by atoms with E-state index in [2.05, 4.69) is 15.5 Å². The molecule has 16 heteroatoms. The maximum atomic E-state index is 13.3. The second-order valence-corrected chi connectivity index (χ2v) is 11.5. The van der Waals surface area contributed by atoms with E-state index in [9.17, 15) is 29.4 Å². The van der Waals surface area contributed by atoms with Gasteiger partial charge in [0.1, 0.15) is 17.1 Å². The van der Waals surface area contributed by atoms with Crippen molar-refractivity contribution in [3.05, 3.63) is 59.0 Å². The zero-order valence-electron chi connectivity index (χ0n) is 21.4. The predicted molar refractivity (Wildman–Crippen MR) is 146 cm³/mol. The molecule has 1 saturated carbocycles. The number of thioether (sulfide) groups is 1. The van der Waals surface area contributed by atoms with Gasteiger partial charge in [-0.15, -0.1) is 23.1 Å². The molecule has 2 atom stereocenters. The molecule has 2 aromatic rings. The Hall–Kier alpha value is -4.44. The topological polar surface area (TPSA) is 217 Å². The fraction of sp³-hybridized carbons (Fsp3) is 0.320. The van der Waals surface area contributed by atoms with Gasteiger partial charge in [0.25, 0.3) is 11.8 Å². The number of nitrogens with two attached hydrogens (primary N) is 2. The van der Waals surface area contributed by atoms with Crippen molar-refractivity contribution in [1.29, 1.82) is 0 Å². The van der Waals surface area contributed by atoms with Crippen LogP contribution in [0.25, 0.3) is 0 Å². The first-order chi connectivity index (χ1) is 19.6. The van der Waals surface area contributed by atoms with Crippen molar-refractivity contribution in [2.24, 2.45) is 5.16 Å². The lowest BCUT2D eigenvalue weighted by molar-refractivity contribution is -0.686. The number of β-lactam (4-membered cyclic amide) rings is 1. The lowest BCUT2D eigenvalue weighted by Gasteiger charge is -2.50. The van der Waals surface area contributed by atoms with Crippen LogP contribution in [0.1, 0.15) is 25.0 Å². The molecule has 2 amide bonds. The number of oxime groups is 1. The number of rotatable bonds is 10. The normalized spacial score (nSPS) is 21.6. The number of amides is 2. The SMILES string of the molecule is Nc1cc[n+](CC=CC2=C(C(=O)[O-])N3C(=O)C(NC(=O)/C(=N\OC4(C(=O)O)CCC4)c4csc(N)n4)[C@@H]3SC2)cc1. The Morgan fingerprint density at radius 2 is 2.05 bits per heavy atom. The van der Waals surface area contributed by atoms with Crippen LogP contribution in [0.3, 0.4) is 0 Å². The molecule has 3 aliphatic rings. The molecular formula is C25H25N7O7S2. The minimum Gasteiger partial charge on any atom is -0.543 e. The van der Waals surface area contributed by atoms with Gasteiger partial charge in [0.2, 0.25) is 5.60 Å². The summed E-state index contributed by atoms with van der Waals surface area (Å²) in [5, 5.41) is 28.9. The monoisotopic (exact) mass is 599 g/mol. The van der Waals surface area contributed by atoms with Gasteiger partial charge in [0, 0.05) is 41.8 Å². The number of aromatic nitrogens is 2. The van der Waals surface area contributed by atoms with Gasteiger partial charge in [-0.3, -0.25) is 14.5 Å². The molecule has 41 heavy (non-hydrogen) atoms. The summed E-state index contributed by atoms with van der Waals surface area (Å²) in [6.45, 7) is 0.444. The standard InChI is InChI=1S/C25H25N7O7S2/c26-14-4-9-31(10-5-14)8-1-3-13-11-40-21-17(20(34)32(21)18(13)22(35)36)29-19(33)16(15-12-41-24(27)28-15)30-39-25(23(37)38)6-2-7-25/h1,3-5,9-10,12,17,21,26H,2,6-8,11H2,(H5,27,28,29,33,35,36,37,38)/b3-1?,30-16-/t17?,21-/m0/s1. The molecule has 6 N–H and O–H groups in total. The number of carbonyl (C=O) groups is 4. The maximum absolute atomic E-state index is 13.3. The van der Waals surface area contributed by atoms with Crippen molar-refractivity contribution in [2.45, 2.75) is 42.8 Å². The zero-order chi connectivity index (χ0) is 29.3. The van der Waals surface area contributed by atoms with Gasteiger partial charge in [-0.25, -0.2) is 14.3 Å². The first kappa shape index (κ1) is 28.1. The van der Waals surface area contributed by atoms with Crippen LogP contribution in [-0.4, -0.2) is 67.2 Å². The molecule has 4 heterocycles. The van der Waals surface area contributed by atoms with Crippen molar-refractivity contribution < 1.29 is 38.8 Å². The molecule has 0 bridgehead atoms. The van der Waals surface area contributed by atoms with E-state index < -0.39 is 40.8 Å². The van der Waals surface area contributed by atoms with E-state index in [-0.39, 0.29) is 40.8 Å². The van der Waals surface area contributed by atoms with Gasteiger partial charge in [0.15, 0.2) is 29.8 Å². The number of aliphatic carboxylic acids is 2. The number of nitrogen functional groups attached to an aromatic ring is 2. The zero-order valence-corrected chi connectivity index (χ0v) is 23.0. The molecule has 2 aliphatic heterocycles. The number of fused-ring (bicyclic) bond motifs is 1. The molecule has 2 aromatic heterocycles. The first-order valence-corrected chi connectivity index (χ1v) is 14.3. The summed E-state index contributed by atoms with van der Waals surface area (Å²) in [7, 11) is 0. The van der Waals surface area contributed by atoms with Crippen molar-refractivity contribution in [1.82, 2.24) is 15.2 Å². The summed E-state index contributed by atoms with van der Waals surface area (Å²) < 4.78 is 1.84. The van der Waals surface area contributed by atoms with E-state index in [1.807, 2.05) is 4.57 Å². The minimum atomic E-state index is -1.54. The number of hydrogen-bond donors (Lipinski definition) is 4. The Morgan fingerprint density at radius 1 is 1.32 bits per heavy atom. The Balaban J connectivity index is 1.32. The second-order valence-electron chi connectivity index (χ2n) is 9.51. The van der Waals surface area contributed by atoms with Crippen LogP contribution in [0.4, 0.5) is 10.8 Å². The third-order valence-corrected chi connectivity index (χ3v) is 8.85. The number of thiazole rings is 1. The van der Waals surface area contributed by atoms with Crippen LogP contribution in [0, 0.1) is 0 Å². The Bertz CT molecular complexity index is 1500. The van der Waals surface area contributed by atoms with Crippen LogP contribution in [0.5, 0.6) is 0 Å². The fourth-order valence-electron chi connectivity index (χ4n) is 4.45. The van der Waals surface area contributed by atoms with Crippen LogP contribution in [0.2, 0.25) is 0 Å². The number of nitrogens with zero attached hydrogens (tertiary/aromatic N) is 4. The third kappa shape index (κ3) is 5.47. The largest absolute Gasteiger partial charge is 0.543 e. The van der Waals surface area contributed by atoms with E-state index in [1.165, 1.54) is 17.1 Å². The van der Waals surface area contributed by atoms with Gasteiger partial charge < -0.3 is 36.6 Å². The van der Waals surface area contributed by atoms with Crippen LogP contribution in [0.15, 0.2) is 58.5 Å². The smallest absolute Gasteiger partial charge is 0.350 e. The Kier molecular flexibility index (Phi) is 7.68. The van der Waals surface area contributed by atoms with E-state index in [1.54, 1.807) is 36.7 Å². The number of allylic oxidation sites excluding steroid dienone is 2. The van der Waals surface area contributed by atoms with Crippen molar-refractivity contribution in [3.8, 4) is 0 Å². The summed E-state index contributed by atoms with van der Waals surface area (Å²) in [6, 6.07) is 2.39. The Labute approximate surface area is 241 Å². The van der Waals surface area contributed by atoms with Crippen molar-refractivity contribution in [3.63, 3.8) is 0 Å².